The van der Waals surface area contributed by atoms with E-state index in [2.05, 4.69) is 10.6 Å². The van der Waals surface area contributed by atoms with Crippen molar-refractivity contribution in [3.05, 3.63) is 0 Å². The molecule has 3 N–H and O–H groups in total. The highest BCUT2D eigenvalue weighted by atomic mass is 32.2. The molecule has 17 heavy (non-hydrogen) atoms. The Morgan fingerprint density at radius 2 is 2.06 bits per heavy atom. The van der Waals surface area contributed by atoms with Crippen molar-refractivity contribution in [2.75, 3.05) is 11.5 Å². The number of carbonyl (C=O) groups is 3. The van der Waals surface area contributed by atoms with E-state index in [1.54, 1.807) is 0 Å². The van der Waals surface area contributed by atoms with E-state index in [1.807, 2.05) is 0 Å². The largest absolute Gasteiger partial charge is 0.480 e. The Morgan fingerprint density at radius 1 is 1.41 bits per heavy atom. The summed E-state index contributed by atoms with van der Waals surface area (Å²) >= 11 is 1.20. The lowest BCUT2D eigenvalue weighted by molar-refractivity contribution is -0.140. The first-order valence-corrected chi connectivity index (χ1v) is 6.51. The van der Waals surface area contributed by atoms with Crippen molar-refractivity contribution in [1.29, 1.82) is 0 Å². The van der Waals surface area contributed by atoms with Crippen molar-refractivity contribution in [3.63, 3.8) is 0 Å². The summed E-state index contributed by atoms with van der Waals surface area (Å²) in [6.45, 7) is 1.26. The molecular weight excluding hydrogens is 244 g/mol. The minimum Gasteiger partial charge on any atom is -0.480 e. The zero-order valence-electron chi connectivity index (χ0n) is 9.56. The zero-order valence-corrected chi connectivity index (χ0v) is 10.4. The van der Waals surface area contributed by atoms with Crippen molar-refractivity contribution >= 4 is 29.5 Å². The molecule has 1 atom stereocenters. The quantitative estimate of drug-likeness (QED) is 0.578. The fourth-order valence-corrected chi connectivity index (χ4v) is 2.03. The van der Waals surface area contributed by atoms with Gasteiger partial charge in [0.15, 0.2) is 0 Å². The highest BCUT2D eigenvalue weighted by molar-refractivity contribution is 8.00. The summed E-state index contributed by atoms with van der Waals surface area (Å²) in [5.41, 5.74) is 0. The van der Waals surface area contributed by atoms with Crippen LogP contribution >= 0.6 is 11.8 Å². The molecule has 0 aliphatic heterocycles. The first-order valence-electron chi connectivity index (χ1n) is 5.36. The molecule has 96 valence electrons. The molecule has 0 bridgehead atoms. The Labute approximate surface area is 104 Å². The summed E-state index contributed by atoms with van der Waals surface area (Å²) < 4.78 is 0. The predicted molar refractivity (Wildman–Crippen MR) is 63.7 cm³/mol. The summed E-state index contributed by atoms with van der Waals surface area (Å²) in [6, 6.07) is -0.625. The molecule has 0 radical (unpaired) electrons. The van der Waals surface area contributed by atoms with Crippen molar-refractivity contribution in [2.45, 2.75) is 31.8 Å². The van der Waals surface area contributed by atoms with Gasteiger partial charge in [0.1, 0.15) is 6.04 Å². The number of aliphatic carboxylic acids is 1. The van der Waals surface area contributed by atoms with E-state index in [1.165, 1.54) is 18.7 Å². The van der Waals surface area contributed by atoms with Gasteiger partial charge < -0.3 is 15.7 Å². The average Bonchev–Trinajstić information content (AvgIpc) is 2.99. The Morgan fingerprint density at radius 3 is 2.53 bits per heavy atom. The second-order valence-corrected chi connectivity index (χ2v) is 4.98. The van der Waals surface area contributed by atoms with Crippen LogP contribution in [-0.2, 0) is 14.4 Å². The fraction of sp³-hybridized carbons (Fsp3) is 0.700. The van der Waals surface area contributed by atoms with Crippen LogP contribution in [0.3, 0.4) is 0 Å². The van der Waals surface area contributed by atoms with Crippen LogP contribution in [0.15, 0.2) is 0 Å². The number of carboxylic acids is 1. The van der Waals surface area contributed by atoms with E-state index < -0.39 is 12.0 Å². The number of amides is 2. The molecule has 2 amide bonds. The highest BCUT2D eigenvalue weighted by Gasteiger charge is 2.23. The molecule has 1 rings (SSSR count). The molecule has 0 aromatic carbocycles. The maximum atomic E-state index is 11.3. The van der Waals surface area contributed by atoms with Crippen LogP contribution in [0.1, 0.15) is 19.8 Å². The fourth-order valence-electron chi connectivity index (χ4n) is 1.19. The van der Waals surface area contributed by atoms with E-state index in [-0.39, 0.29) is 23.3 Å². The molecule has 0 aromatic rings. The number of nitrogens with one attached hydrogen (secondary N) is 2. The molecule has 1 aliphatic carbocycles. The third kappa shape index (κ3) is 6.15. The summed E-state index contributed by atoms with van der Waals surface area (Å²) in [6.07, 6.45) is 2.06. The van der Waals surface area contributed by atoms with Crippen molar-refractivity contribution in [1.82, 2.24) is 10.6 Å². The number of hydrogen-bond acceptors (Lipinski definition) is 4. The summed E-state index contributed by atoms with van der Waals surface area (Å²) in [5.74, 6) is -1.15. The predicted octanol–water partition coefficient (Wildman–Crippen LogP) is -0.412. The van der Waals surface area contributed by atoms with Crippen LogP contribution in [0.2, 0.25) is 0 Å². The molecule has 7 heteroatoms. The topological polar surface area (TPSA) is 95.5 Å². The van der Waals surface area contributed by atoms with Crippen LogP contribution in [-0.4, -0.2) is 46.5 Å². The summed E-state index contributed by atoms with van der Waals surface area (Å²) in [5, 5.41) is 13.9. The molecule has 0 spiro atoms. The van der Waals surface area contributed by atoms with E-state index in [9.17, 15) is 14.4 Å². The smallest absolute Gasteiger partial charge is 0.327 e. The van der Waals surface area contributed by atoms with E-state index >= 15 is 0 Å². The molecule has 0 heterocycles. The lowest BCUT2D eigenvalue weighted by Crippen LogP contribution is -2.41. The van der Waals surface area contributed by atoms with Crippen molar-refractivity contribution in [2.24, 2.45) is 0 Å². The van der Waals surface area contributed by atoms with Crippen LogP contribution in [0, 0.1) is 0 Å². The van der Waals surface area contributed by atoms with Gasteiger partial charge in [-0.3, -0.25) is 9.59 Å². The van der Waals surface area contributed by atoms with Gasteiger partial charge in [0.05, 0.1) is 5.75 Å². The van der Waals surface area contributed by atoms with Gasteiger partial charge in [-0.1, -0.05) is 0 Å². The minimum absolute atomic E-state index is 0.0792. The number of hydrogen-bond donors (Lipinski definition) is 3. The van der Waals surface area contributed by atoms with Gasteiger partial charge in [0.2, 0.25) is 11.8 Å². The third-order valence-corrected chi connectivity index (χ3v) is 3.17. The van der Waals surface area contributed by atoms with Crippen LogP contribution in [0.4, 0.5) is 0 Å². The maximum absolute atomic E-state index is 11.3. The van der Waals surface area contributed by atoms with Crippen LogP contribution in [0.5, 0.6) is 0 Å². The van der Waals surface area contributed by atoms with Gasteiger partial charge in [-0.25, -0.2) is 4.79 Å². The van der Waals surface area contributed by atoms with E-state index in [4.69, 9.17) is 5.11 Å². The van der Waals surface area contributed by atoms with Gasteiger partial charge in [0, 0.05) is 18.7 Å². The van der Waals surface area contributed by atoms with Crippen LogP contribution < -0.4 is 10.6 Å². The van der Waals surface area contributed by atoms with Crippen molar-refractivity contribution < 1.29 is 19.5 Å². The standard InChI is InChI=1S/C10H16N2O4S/c1-6(13)11-8(10(15)16)4-17-5-9(14)12-7-2-3-7/h7-8H,2-5H2,1H3,(H,11,13)(H,12,14)(H,15,16). The number of carboxylic acid groups (broad SMARTS) is 1. The molecule has 1 unspecified atom stereocenters. The lowest BCUT2D eigenvalue weighted by atomic mass is 10.3. The third-order valence-electron chi connectivity index (χ3n) is 2.14. The first kappa shape index (κ1) is 13.8. The Balaban J connectivity index is 2.18. The van der Waals surface area contributed by atoms with Gasteiger partial charge >= 0.3 is 5.97 Å². The van der Waals surface area contributed by atoms with E-state index in [0.717, 1.165) is 12.8 Å². The Hall–Kier alpha value is -1.24. The Bertz CT molecular complexity index is 317. The normalized spacial score (nSPS) is 16.1. The molecule has 6 nitrogen and oxygen atoms in total. The highest BCUT2D eigenvalue weighted by Crippen LogP contribution is 2.18. The number of thioether (sulfide) groups is 1. The minimum atomic E-state index is -1.09. The monoisotopic (exact) mass is 260 g/mol. The van der Waals surface area contributed by atoms with Gasteiger partial charge in [-0.05, 0) is 12.8 Å². The number of rotatable bonds is 7. The molecular formula is C10H16N2O4S. The van der Waals surface area contributed by atoms with Crippen molar-refractivity contribution in [3.8, 4) is 0 Å². The van der Waals surface area contributed by atoms with Gasteiger partial charge in [-0.2, -0.15) is 0 Å². The van der Waals surface area contributed by atoms with Crippen LogP contribution in [0.25, 0.3) is 0 Å². The Kier molecular flexibility index (Phi) is 5.27. The maximum Gasteiger partial charge on any atom is 0.327 e. The lowest BCUT2D eigenvalue weighted by Gasteiger charge is -2.12. The molecule has 0 saturated heterocycles. The first-order chi connectivity index (χ1) is 7.99. The second kappa shape index (κ2) is 6.48. The second-order valence-electron chi connectivity index (χ2n) is 3.95. The van der Waals surface area contributed by atoms with Gasteiger partial charge in [-0.15, -0.1) is 11.8 Å². The molecule has 1 fully saturated rings. The molecule has 1 aliphatic rings. The summed E-state index contributed by atoms with van der Waals surface area (Å²) in [7, 11) is 0. The summed E-state index contributed by atoms with van der Waals surface area (Å²) in [4.78, 5) is 32.8. The van der Waals surface area contributed by atoms with Gasteiger partial charge in [0.25, 0.3) is 0 Å². The van der Waals surface area contributed by atoms with E-state index in [0.29, 0.717) is 6.04 Å². The molecule has 1 saturated carbocycles. The number of carbonyl (C=O) groups excluding carboxylic acids is 2. The SMILES string of the molecule is CC(=O)NC(CSCC(=O)NC1CC1)C(=O)O. The molecule has 0 aromatic heterocycles. The average molecular weight is 260 g/mol. The zero-order chi connectivity index (χ0) is 12.8.